The molecule has 0 atom stereocenters. The highest BCUT2D eigenvalue weighted by atomic mass is 16.5. The standard InChI is InChI=1S/C8H14N2O3/c1-10(8(12)7(9)11)6-2-4-13-5-3-6/h6H,2-5H2,1H3,(H2,9,11). The zero-order valence-electron chi connectivity index (χ0n) is 7.66. The number of nitrogens with zero attached hydrogens (tertiary/aromatic N) is 1. The van der Waals surface area contributed by atoms with E-state index in [9.17, 15) is 9.59 Å². The Morgan fingerprint density at radius 3 is 2.38 bits per heavy atom. The summed E-state index contributed by atoms with van der Waals surface area (Å²) in [5.41, 5.74) is 4.88. The average Bonchev–Trinajstić information content (AvgIpc) is 2.17. The van der Waals surface area contributed by atoms with Gasteiger partial charge in [0, 0.05) is 26.3 Å². The molecule has 0 aromatic carbocycles. The summed E-state index contributed by atoms with van der Waals surface area (Å²) in [5, 5.41) is 0. The van der Waals surface area contributed by atoms with Gasteiger partial charge in [0.1, 0.15) is 0 Å². The number of primary amides is 1. The lowest BCUT2D eigenvalue weighted by molar-refractivity contribution is -0.145. The third kappa shape index (κ3) is 2.42. The van der Waals surface area contributed by atoms with Crippen LogP contribution in [0.5, 0.6) is 0 Å². The van der Waals surface area contributed by atoms with Crippen molar-refractivity contribution in [1.29, 1.82) is 0 Å². The van der Waals surface area contributed by atoms with Gasteiger partial charge in [-0.15, -0.1) is 0 Å². The van der Waals surface area contributed by atoms with Gasteiger partial charge in [-0.2, -0.15) is 0 Å². The van der Waals surface area contributed by atoms with Gasteiger partial charge in [0.2, 0.25) is 0 Å². The highest BCUT2D eigenvalue weighted by Crippen LogP contribution is 2.12. The van der Waals surface area contributed by atoms with Crippen molar-refractivity contribution in [3.05, 3.63) is 0 Å². The summed E-state index contributed by atoms with van der Waals surface area (Å²) in [7, 11) is 1.60. The summed E-state index contributed by atoms with van der Waals surface area (Å²) >= 11 is 0. The van der Waals surface area contributed by atoms with Gasteiger partial charge in [0.15, 0.2) is 0 Å². The van der Waals surface area contributed by atoms with Crippen LogP contribution in [0.1, 0.15) is 12.8 Å². The minimum Gasteiger partial charge on any atom is -0.381 e. The summed E-state index contributed by atoms with van der Waals surface area (Å²) in [6.07, 6.45) is 1.55. The smallest absolute Gasteiger partial charge is 0.311 e. The van der Waals surface area contributed by atoms with Crippen molar-refractivity contribution in [3.63, 3.8) is 0 Å². The van der Waals surface area contributed by atoms with E-state index in [-0.39, 0.29) is 6.04 Å². The fourth-order valence-corrected chi connectivity index (χ4v) is 1.41. The number of likely N-dealkylation sites (N-methyl/N-ethyl adjacent to an activating group) is 1. The first-order valence-electron chi connectivity index (χ1n) is 4.27. The molecule has 1 aliphatic rings. The van der Waals surface area contributed by atoms with Gasteiger partial charge in [-0.25, -0.2) is 0 Å². The van der Waals surface area contributed by atoms with Gasteiger partial charge >= 0.3 is 11.8 Å². The van der Waals surface area contributed by atoms with Crippen LogP contribution < -0.4 is 5.73 Å². The van der Waals surface area contributed by atoms with E-state index in [0.717, 1.165) is 12.8 Å². The third-order valence-corrected chi connectivity index (χ3v) is 2.27. The molecule has 5 nitrogen and oxygen atoms in total. The van der Waals surface area contributed by atoms with Crippen LogP contribution in [0, 0.1) is 0 Å². The van der Waals surface area contributed by atoms with Gasteiger partial charge in [0.25, 0.3) is 0 Å². The summed E-state index contributed by atoms with van der Waals surface area (Å²) in [6, 6.07) is 0.0914. The Kier molecular flexibility index (Phi) is 3.25. The number of nitrogens with two attached hydrogens (primary N) is 1. The second-order valence-corrected chi connectivity index (χ2v) is 3.12. The molecule has 0 spiro atoms. The van der Waals surface area contributed by atoms with Crippen molar-refractivity contribution in [2.45, 2.75) is 18.9 Å². The first kappa shape index (κ1) is 9.98. The number of rotatable bonds is 1. The van der Waals surface area contributed by atoms with Crippen LogP contribution in [0.3, 0.4) is 0 Å². The van der Waals surface area contributed by atoms with Crippen LogP contribution >= 0.6 is 0 Å². The lowest BCUT2D eigenvalue weighted by atomic mass is 10.1. The summed E-state index contributed by atoms with van der Waals surface area (Å²) < 4.78 is 5.14. The van der Waals surface area contributed by atoms with Crippen molar-refractivity contribution in [1.82, 2.24) is 4.90 Å². The zero-order chi connectivity index (χ0) is 9.84. The van der Waals surface area contributed by atoms with E-state index in [0.29, 0.717) is 13.2 Å². The van der Waals surface area contributed by atoms with Crippen molar-refractivity contribution < 1.29 is 14.3 Å². The van der Waals surface area contributed by atoms with E-state index in [1.807, 2.05) is 0 Å². The van der Waals surface area contributed by atoms with Gasteiger partial charge in [-0.05, 0) is 12.8 Å². The lowest BCUT2D eigenvalue weighted by Crippen LogP contribution is -2.45. The molecule has 1 aliphatic heterocycles. The molecule has 1 heterocycles. The lowest BCUT2D eigenvalue weighted by Gasteiger charge is -2.30. The summed E-state index contributed by atoms with van der Waals surface area (Å²) in [6.45, 7) is 1.28. The Morgan fingerprint density at radius 1 is 1.38 bits per heavy atom. The molecule has 0 bridgehead atoms. The van der Waals surface area contributed by atoms with Crippen LogP contribution in [0.15, 0.2) is 0 Å². The number of ether oxygens (including phenoxy) is 1. The van der Waals surface area contributed by atoms with E-state index < -0.39 is 11.8 Å². The molecule has 2 N–H and O–H groups in total. The number of carbonyl (C=O) groups is 2. The Hall–Kier alpha value is -1.10. The molecule has 74 valence electrons. The van der Waals surface area contributed by atoms with Crippen molar-refractivity contribution in [2.24, 2.45) is 5.73 Å². The predicted octanol–water partition coefficient (Wildman–Crippen LogP) is -0.891. The largest absolute Gasteiger partial charge is 0.381 e. The number of hydrogen-bond donors (Lipinski definition) is 1. The predicted molar refractivity (Wildman–Crippen MR) is 45.8 cm³/mol. The van der Waals surface area contributed by atoms with E-state index in [1.54, 1.807) is 7.05 Å². The van der Waals surface area contributed by atoms with Crippen molar-refractivity contribution >= 4 is 11.8 Å². The van der Waals surface area contributed by atoms with Gasteiger partial charge in [-0.1, -0.05) is 0 Å². The first-order valence-corrected chi connectivity index (χ1v) is 4.27. The molecule has 0 aromatic rings. The van der Waals surface area contributed by atoms with Crippen molar-refractivity contribution in [2.75, 3.05) is 20.3 Å². The fourth-order valence-electron chi connectivity index (χ4n) is 1.41. The molecule has 0 radical (unpaired) electrons. The molecule has 2 amide bonds. The second-order valence-electron chi connectivity index (χ2n) is 3.12. The number of hydrogen-bond acceptors (Lipinski definition) is 3. The first-order chi connectivity index (χ1) is 6.13. The summed E-state index contributed by atoms with van der Waals surface area (Å²) in [5.74, 6) is -1.51. The Balaban J connectivity index is 2.49. The zero-order valence-corrected chi connectivity index (χ0v) is 7.66. The molecule has 0 saturated carbocycles. The monoisotopic (exact) mass is 186 g/mol. The molecule has 0 unspecified atom stereocenters. The fraction of sp³-hybridized carbons (Fsp3) is 0.750. The maximum Gasteiger partial charge on any atom is 0.311 e. The van der Waals surface area contributed by atoms with E-state index in [1.165, 1.54) is 4.90 Å². The molecule has 1 rings (SSSR count). The SMILES string of the molecule is CN(C(=O)C(N)=O)C1CCOCC1. The molecule has 1 saturated heterocycles. The molecular weight excluding hydrogens is 172 g/mol. The van der Waals surface area contributed by atoms with Crippen LogP contribution in [0.25, 0.3) is 0 Å². The van der Waals surface area contributed by atoms with Crippen LogP contribution in [0.2, 0.25) is 0 Å². The quantitative estimate of drug-likeness (QED) is 0.540. The van der Waals surface area contributed by atoms with E-state index >= 15 is 0 Å². The minimum absolute atomic E-state index is 0.0914. The topological polar surface area (TPSA) is 72.6 Å². The molecule has 0 aromatic heterocycles. The maximum atomic E-state index is 11.2. The molecule has 13 heavy (non-hydrogen) atoms. The number of carbonyl (C=O) groups excluding carboxylic acids is 2. The number of amides is 2. The summed E-state index contributed by atoms with van der Waals surface area (Å²) in [4.78, 5) is 23.1. The maximum absolute atomic E-state index is 11.2. The molecule has 1 fully saturated rings. The Labute approximate surface area is 76.8 Å². The minimum atomic E-state index is -0.894. The van der Waals surface area contributed by atoms with Crippen LogP contribution in [0.4, 0.5) is 0 Å². The normalized spacial score (nSPS) is 18.2. The Morgan fingerprint density at radius 2 is 1.92 bits per heavy atom. The van der Waals surface area contributed by atoms with Gasteiger partial charge in [-0.3, -0.25) is 9.59 Å². The second kappa shape index (κ2) is 4.23. The average molecular weight is 186 g/mol. The van der Waals surface area contributed by atoms with E-state index in [4.69, 9.17) is 10.5 Å². The Bertz CT molecular complexity index is 211. The van der Waals surface area contributed by atoms with Gasteiger partial charge in [0.05, 0.1) is 0 Å². The van der Waals surface area contributed by atoms with Gasteiger partial charge < -0.3 is 15.4 Å². The highest BCUT2D eigenvalue weighted by molar-refractivity contribution is 6.34. The third-order valence-electron chi connectivity index (χ3n) is 2.27. The van der Waals surface area contributed by atoms with Crippen LogP contribution in [-0.4, -0.2) is 43.0 Å². The van der Waals surface area contributed by atoms with E-state index in [2.05, 4.69) is 0 Å². The molecule has 0 aliphatic carbocycles. The highest BCUT2D eigenvalue weighted by Gasteiger charge is 2.24. The molecular formula is C8H14N2O3. The molecule has 5 heteroatoms. The van der Waals surface area contributed by atoms with Crippen molar-refractivity contribution in [3.8, 4) is 0 Å². The van der Waals surface area contributed by atoms with Crippen LogP contribution in [-0.2, 0) is 14.3 Å².